The molecule has 0 fully saturated rings. The molecule has 3 N–H and O–H groups in total. The normalized spacial score (nSPS) is 10.6. The average Bonchev–Trinajstić information content (AvgIpc) is 2.85. The number of methoxy groups -OCH3 is 1. The Morgan fingerprint density at radius 3 is 2.50 bits per heavy atom. The van der Waals surface area contributed by atoms with E-state index in [0.717, 1.165) is 0 Å². The molecule has 1 heterocycles. The summed E-state index contributed by atoms with van der Waals surface area (Å²) in [6.07, 6.45) is 4.43. The van der Waals surface area contributed by atoms with Crippen molar-refractivity contribution in [3.63, 3.8) is 0 Å². The van der Waals surface area contributed by atoms with Gasteiger partial charge in [0.25, 0.3) is 11.7 Å². The summed E-state index contributed by atoms with van der Waals surface area (Å²) in [5, 5.41) is 9.01. The lowest BCUT2D eigenvalue weighted by Crippen LogP contribution is -2.30. The van der Waals surface area contributed by atoms with E-state index in [-0.39, 0.29) is 28.3 Å². The van der Waals surface area contributed by atoms with Crippen molar-refractivity contribution in [1.29, 1.82) is 0 Å². The second-order valence-electron chi connectivity index (χ2n) is 7.62. The predicted molar refractivity (Wildman–Crippen MR) is 140 cm³/mol. The van der Waals surface area contributed by atoms with E-state index in [2.05, 4.69) is 25.9 Å². The van der Waals surface area contributed by atoms with Gasteiger partial charge in [-0.2, -0.15) is 4.98 Å². The number of halogens is 1. The first-order valence-electron chi connectivity index (χ1n) is 10.8. The Hall–Kier alpha value is -4.44. The number of ether oxygens (including phenoxy) is 1. The molecule has 1 aromatic heterocycles. The van der Waals surface area contributed by atoms with Crippen LogP contribution in [-0.2, 0) is 9.59 Å². The van der Waals surface area contributed by atoms with Crippen LogP contribution in [0.2, 0.25) is 5.02 Å². The van der Waals surface area contributed by atoms with Crippen molar-refractivity contribution in [2.45, 2.75) is 6.92 Å². The van der Waals surface area contributed by atoms with Gasteiger partial charge in [-0.25, -0.2) is 4.98 Å². The summed E-state index contributed by atoms with van der Waals surface area (Å²) in [6, 6.07) is 11.6. The molecule has 36 heavy (non-hydrogen) atoms. The molecule has 3 rings (SSSR count). The van der Waals surface area contributed by atoms with Crippen molar-refractivity contribution in [3.8, 4) is 5.75 Å². The van der Waals surface area contributed by atoms with Crippen LogP contribution in [0.4, 0.5) is 28.8 Å². The Labute approximate surface area is 213 Å². The van der Waals surface area contributed by atoms with E-state index in [1.54, 1.807) is 55.5 Å². The number of allylic oxidation sites excluding steroid dienone is 1. The Morgan fingerprint density at radius 2 is 1.81 bits per heavy atom. The molecule has 0 spiro atoms. The molecular weight excluding hydrogens is 484 g/mol. The van der Waals surface area contributed by atoms with E-state index < -0.39 is 11.7 Å². The van der Waals surface area contributed by atoms with Gasteiger partial charge in [0, 0.05) is 19.8 Å². The summed E-state index contributed by atoms with van der Waals surface area (Å²) in [5.74, 6) is -0.732. The van der Waals surface area contributed by atoms with Crippen LogP contribution >= 0.6 is 11.6 Å². The van der Waals surface area contributed by atoms with Crippen LogP contribution < -0.4 is 20.7 Å². The summed E-state index contributed by atoms with van der Waals surface area (Å²) in [4.78, 5) is 46.6. The standard InChI is InChI=1S/C25H25ClN6O4/c1-5-8-21(33)28-15-11-12-20(36-4)19(13-15)30-25-27-14-17(26)23(31-25)29-18-10-7-6-9-16(18)22(34)24(35)32(2)3/h5-14H,1-4H3,(H,28,33)(H2,27,29,30,31)/b8-5+. The number of nitrogens with one attached hydrogen (secondary N) is 3. The topological polar surface area (TPSA) is 126 Å². The minimum absolute atomic E-state index is 0.172. The molecular formula is C25H25ClN6O4. The molecule has 0 aliphatic rings. The number of carbonyl (C=O) groups is 3. The molecule has 10 nitrogen and oxygen atoms in total. The molecule has 0 radical (unpaired) electrons. The third-order valence-electron chi connectivity index (χ3n) is 4.80. The second kappa shape index (κ2) is 11.8. The summed E-state index contributed by atoms with van der Waals surface area (Å²) < 4.78 is 5.40. The van der Waals surface area contributed by atoms with Gasteiger partial charge in [0.15, 0.2) is 5.82 Å². The quantitative estimate of drug-likeness (QED) is 0.220. The minimum atomic E-state index is -0.673. The van der Waals surface area contributed by atoms with Crippen LogP contribution in [0.3, 0.4) is 0 Å². The molecule has 0 saturated heterocycles. The zero-order valence-electron chi connectivity index (χ0n) is 20.1. The molecule has 0 unspecified atom stereocenters. The van der Waals surface area contributed by atoms with Crippen molar-refractivity contribution >= 4 is 58.0 Å². The summed E-state index contributed by atoms with van der Waals surface area (Å²) >= 11 is 6.31. The lowest BCUT2D eigenvalue weighted by atomic mass is 10.1. The van der Waals surface area contributed by atoms with Crippen LogP contribution in [-0.4, -0.2) is 53.7 Å². The molecule has 0 bridgehead atoms. The molecule has 11 heteroatoms. The van der Waals surface area contributed by atoms with Gasteiger partial charge in [0.05, 0.1) is 30.2 Å². The van der Waals surface area contributed by atoms with Gasteiger partial charge >= 0.3 is 0 Å². The highest BCUT2D eigenvalue weighted by Crippen LogP contribution is 2.32. The van der Waals surface area contributed by atoms with Gasteiger partial charge in [-0.1, -0.05) is 29.8 Å². The third kappa shape index (κ3) is 6.36. The minimum Gasteiger partial charge on any atom is -0.495 e. The van der Waals surface area contributed by atoms with Crippen LogP contribution in [0.25, 0.3) is 0 Å². The Kier molecular flexibility index (Phi) is 8.58. The number of likely N-dealkylation sites (N-methyl/N-ethyl adjacent to an activating group) is 1. The molecule has 2 aromatic carbocycles. The van der Waals surface area contributed by atoms with E-state index >= 15 is 0 Å². The average molecular weight is 509 g/mol. The number of Topliss-reactive ketones (excluding diaryl/α,β-unsaturated/α-hetero) is 1. The summed E-state index contributed by atoms with van der Waals surface area (Å²) in [7, 11) is 4.52. The molecule has 3 aromatic rings. The van der Waals surface area contributed by atoms with Gasteiger partial charge in [-0.3, -0.25) is 14.4 Å². The highest BCUT2D eigenvalue weighted by molar-refractivity contribution is 6.43. The summed E-state index contributed by atoms with van der Waals surface area (Å²) in [6.45, 7) is 1.75. The van der Waals surface area contributed by atoms with Crippen molar-refractivity contribution in [2.24, 2.45) is 0 Å². The van der Waals surface area contributed by atoms with Crippen LogP contribution in [0, 0.1) is 0 Å². The van der Waals surface area contributed by atoms with E-state index in [1.165, 1.54) is 38.4 Å². The number of carbonyl (C=O) groups excluding carboxylic acids is 3. The van der Waals surface area contributed by atoms with E-state index in [9.17, 15) is 14.4 Å². The van der Waals surface area contributed by atoms with Crippen molar-refractivity contribution in [1.82, 2.24) is 14.9 Å². The zero-order valence-corrected chi connectivity index (χ0v) is 20.9. The van der Waals surface area contributed by atoms with Gasteiger partial charge < -0.3 is 25.6 Å². The number of anilines is 5. The molecule has 0 saturated carbocycles. The fourth-order valence-electron chi connectivity index (χ4n) is 3.09. The Morgan fingerprint density at radius 1 is 1.06 bits per heavy atom. The van der Waals surface area contributed by atoms with Crippen molar-refractivity contribution < 1.29 is 19.1 Å². The number of hydrogen-bond acceptors (Lipinski definition) is 8. The SMILES string of the molecule is C/C=C/C(=O)Nc1ccc(OC)c(Nc2ncc(Cl)c(Nc3ccccc3C(=O)C(=O)N(C)C)n2)c1. The number of hydrogen-bond donors (Lipinski definition) is 3. The maximum atomic E-state index is 12.7. The predicted octanol–water partition coefficient (Wildman–Crippen LogP) is 4.41. The van der Waals surface area contributed by atoms with Crippen LogP contribution in [0.15, 0.2) is 60.8 Å². The number of para-hydroxylation sites is 1. The zero-order chi connectivity index (χ0) is 26.2. The number of rotatable bonds is 9. The van der Waals surface area contributed by atoms with E-state index in [0.29, 0.717) is 22.8 Å². The van der Waals surface area contributed by atoms with Crippen LogP contribution in [0.5, 0.6) is 5.75 Å². The molecule has 0 aliphatic carbocycles. The first kappa shape index (κ1) is 26.2. The van der Waals surface area contributed by atoms with E-state index in [4.69, 9.17) is 16.3 Å². The van der Waals surface area contributed by atoms with Gasteiger partial charge in [-0.05, 0) is 43.3 Å². The maximum Gasteiger partial charge on any atom is 0.294 e. The Balaban J connectivity index is 1.90. The molecule has 2 amide bonds. The number of ketones is 1. The highest BCUT2D eigenvalue weighted by atomic mass is 35.5. The monoisotopic (exact) mass is 508 g/mol. The van der Waals surface area contributed by atoms with E-state index in [1.807, 2.05) is 0 Å². The number of amides is 2. The number of nitrogens with zero attached hydrogens (tertiary/aromatic N) is 3. The first-order valence-corrected chi connectivity index (χ1v) is 11.1. The lowest BCUT2D eigenvalue weighted by molar-refractivity contribution is -0.124. The van der Waals surface area contributed by atoms with Crippen molar-refractivity contribution in [2.75, 3.05) is 37.2 Å². The van der Waals surface area contributed by atoms with Gasteiger partial charge in [0.2, 0.25) is 11.9 Å². The largest absolute Gasteiger partial charge is 0.495 e. The summed E-state index contributed by atoms with van der Waals surface area (Å²) in [5.41, 5.74) is 1.56. The fraction of sp³-hybridized carbons (Fsp3) is 0.160. The highest BCUT2D eigenvalue weighted by Gasteiger charge is 2.21. The van der Waals surface area contributed by atoms with Crippen LogP contribution in [0.1, 0.15) is 17.3 Å². The maximum absolute atomic E-state index is 12.7. The lowest BCUT2D eigenvalue weighted by Gasteiger charge is -2.15. The molecule has 186 valence electrons. The number of aromatic nitrogens is 2. The Bertz CT molecular complexity index is 1330. The smallest absolute Gasteiger partial charge is 0.294 e. The van der Waals surface area contributed by atoms with Crippen molar-refractivity contribution in [3.05, 3.63) is 71.4 Å². The van der Waals surface area contributed by atoms with Gasteiger partial charge in [0.1, 0.15) is 10.8 Å². The molecule has 0 aliphatic heterocycles. The first-order chi connectivity index (χ1) is 17.2. The van der Waals surface area contributed by atoms with Gasteiger partial charge in [-0.15, -0.1) is 0 Å². The molecule has 0 atom stereocenters. The second-order valence-corrected chi connectivity index (χ2v) is 8.03. The third-order valence-corrected chi connectivity index (χ3v) is 5.08. The number of benzene rings is 2. The fourth-order valence-corrected chi connectivity index (χ4v) is 3.23.